The van der Waals surface area contributed by atoms with E-state index < -0.39 is 0 Å². The molecule has 1 saturated heterocycles. The average Bonchev–Trinajstić information content (AvgIpc) is 2.40. The van der Waals surface area contributed by atoms with Crippen LogP contribution in [0.25, 0.3) is 0 Å². The molecule has 1 heterocycles. The third-order valence-corrected chi connectivity index (χ3v) is 2.18. The predicted molar refractivity (Wildman–Crippen MR) is 37.8 cm³/mol. The van der Waals surface area contributed by atoms with E-state index >= 15 is 0 Å². The Morgan fingerprint density at radius 1 is 1.44 bits per heavy atom. The van der Waals surface area contributed by atoms with Crippen molar-refractivity contribution >= 4 is 12.4 Å². The van der Waals surface area contributed by atoms with Crippen LogP contribution in [0.15, 0.2) is 0 Å². The molecule has 3 atom stereocenters. The summed E-state index contributed by atoms with van der Waals surface area (Å²) in [7, 11) is 0. The monoisotopic (exact) mass is 149 g/mol. The molecular weight excluding hydrogens is 138 g/mol. The quantitative estimate of drug-likeness (QED) is 0.557. The van der Waals surface area contributed by atoms with Gasteiger partial charge in [-0.25, -0.2) is 0 Å². The minimum absolute atomic E-state index is 0. The molecule has 0 spiro atoms. The molecule has 0 radical (unpaired) electrons. The highest BCUT2D eigenvalue weighted by molar-refractivity contribution is 5.85. The predicted octanol–water partition coefficient (Wildman–Crippen LogP) is 0.151. The van der Waals surface area contributed by atoms with E-state index in [1.807, 2.05) is 0 Å². The van der Waals surface area contributed by atoms with Crippen molar-refractivity contribution in [3.63, 3.8) is 0 Å². The van der Waals surface area contributed by atoms with E-state index in [0.29, 0.717) is 12.6 Å². The standard InChI is InChI=1S/C6H11NO.ClH/c8-3-5-1-4-2-6(4)7-5;/h4-8H,1-3H2;1H/t4-,5?,6-;/m0./s1. The number of aliphatic hydroxyl groups excluding tert-OH is 1. The first-order valence-corrected chi connectivity index (χ1v) is 3.27. The van der Waals surface area contributed by atoms with Crippen molar-refractivity contribution < 1.29 is 5.11 Å². The van der Waals surface area contributed by atoms with Crippen molar-refractivity contribution in [1.29, 1.82) is 0 Å². The lowest BCUT2D eigenvalue weighted by molar-refractivity contribution is 0.246. The molecular formula is C6H12ClNO. The van der Waals surface area contributed by atoms with Gasteiger partial charge in [0, 0.05) is 12.1 Å². The van der Waals surface area contributed by atoms with Crippen LogP contribution in [-0.4, -0.2) is 23.8 Å². The molecule has 2 fully saturated rings. The number of fused-ring (bicyclic) bond motifs is 1. The highest BCUT2D eigenvalue weighted by atomic mass is 35.5. The van der Waals surface area contributed by atoms with Gasteiger partial charge in [0.25, 0.3) is 0 Å². The minimum Gasteiger partial charge on any atom is -0.395 e. The molecule has 2 nitrogen and oxygen atoms in total. The fourth-order valence-corrected chi connectivity index (χ4v) is 1.58. The molecule has 54 valence electrons. The van der Waals surface area contributed by atoms with Crippen molar-refractivity contribution in [2.45, 2.75) is 24.9 Å². The number of hydrogen-bond donors (Lipinski definition) is 2. The fourth-order valence-electron chi connectivity index (χ4n) is 1.58. The van der Waals surface area contributed by atoms with Crippen molar-refractivity contribution in [3.05, 3.63) is 0 Å². The van der Waals surface area contributed by atoms with Gasteiger partial charge in [-0.2, -0.15) is 0 Å². The maximum atomic E-state index is 8.64. The summed E-state index contributed by atoms with van der Waals surface area (Å²) < 4.78 is 0. The van der Waals surface area contributed by atoms with Gasteiger partial charge < -0.3 is 10.4 Å². The Balaban J connectivity index is 0.000000405. The third kappa shape index (κ3) is 1.20. The normalized spacial score (nSPS) is 45.7. The molecule has 1 saturated carbocycles. The van der Waals surface area contributed by atoms with Crippen molar-refractivity contribution in [1.82, 2.24) is 5.32 Å². The first kappa shape index (κ1) is 7.32. The zero-order valence-corrected chi connectivity index (χ0v) is 6.03. The van der Waals surface area contributed by atoms with Crippen LogP contribution in [0, 0.1) is 5.92 Å². The van der Waals surface area contributed by atoms with Crippen molar-refractivity contribution in [3.8, 4) is 0 Å². The van der Waals surface area contributed by atoms with Crippen LogP contribution in [0.3, 0.4) is 0 Å². The number of halogens is 1. The van der Waals surface area contributed by atoms with Gasteiger partial charge in [-0.1, -0.05) is 0 Å². The van der Waals surface area contributed by atoms with Crippen LogP contribution in [0.5, 0.6) is 0 Å². The molecule has 0 aromatic heterocycles. The summed E-state index contributed by atoms with van der Waals surface area (Å²) in [5.74, 6) is 0.923. The Morgan fingerprint density at radius 2 is 2.22 bits per heavy atom. The van der Waals surface area contributed by atoms with Gasteiger partial charge in [0.15, 0.2) is 0 Å². The zero-order valence-electron chi connectivity index (χ0n) is 5.21. The highest BCUT2D eigenvalue weighted by Crippen LogP contribution is 2.40. The lowest BCUT2D eigenvalue weighted by Gasteiger charge is -2.06. The van der Waals surface area contributed by atoms with E-state index in [1.54, 1.807) is 0 Å². The third-order valence-electron chi connectivity index (χ3n) is 2.18. The second kappa shape index (κ2) is 2.45. The molecule has 2 rings (SSSR count). The molecule has 0 aromatic rings. The molecule has 3 heteroatoms. The van der Waals surface area contributed by atoms with E-state index in [9.17, 15) is 0 Å². The molecule has 2 N–H and O–H groups in total. The average molecular weight is 150 g/mol. The first-order valence-electron chi connectivity index (χ1n) is 3.27. The Hall–Kier alpha value is 0.210. The molecule has 9 heavy (non-hydrogen) atoms. The van der Waals surface area contributed by atoms with Crippen LogP contribution < -0.4 is 5.32 Å². The molecule has 2 aliphatic rings. The van der Waals surface area contributed by atoms with Crippen LogP contribution in [0.2, 0.25) is 0 Å². The fraction of sp³-hybridized carbons (Fsp3) is 1.00. The molecule has 0 bridgehead atoms. The summed E-state index contributed by atoms with van der Waals surface area (Å²) in [6.07, 6.45) is 2.57. The van der Waals surface area contributed by atoms with Gasteiger partial charge in [0.05, 0.1) is 6.61 Å². The number of hydrogen-bond acceptors (Lipinski definition) is 2. The van der Waals surface area contributed by atoms with Gasteiger partial charge in [0.1, 0.15) is 0 Å². The summed E-state index contributed by atoms with van der Waals surface area (Å²) in [5, 5.41) is 12.0. The number of rotatable bonds is 1. The second-order valence-corrected chi connectivity index (χ2v) is 2.88. The summed E-state index contributed by atoms with van der Waals surface area (Å²) in [5.41, 5.74) is 0. The smallest absolute Gasteiger partial charge is 0.0584 e. The van der Waals surface area contributed by atoms with Crippen LogP contribution in [-0.2, 0) is 0 Å². The van der Waals surface area contributed by atoms with E-state index in [-0.39, 0.29) is 12.4 Å². The molecule has 1 aliphatic carbocycles. The van der Waals surface area contributed by atoms with Crippen LogP contribution in [0.4, 0.5) is 0 Å². The second-order valence-electron chi connectivity index (χ2n) is 2.88. The van der Waals surface area contributed by atoms with E-state index in [4.69, 9.17) is 5.11 Å². The Bertz CT molecular complexity index is 99.2. The first-order chi connectivity index (χ1) is 3.90. The molecule has 0 amide bonds. The van der Waals surface area contributed by atoms with Crippen LogP contribution >= 0.6 is 12.4 Å². The maximum absolute atomic E-state index is 8.64. The van der Waals surface area contributed by atoms with E-state index in [2.05, 4.69) is 5.32 Å². The lowest BCUT2D eigenvalue weighted by Crippen LogP contribution is -2.28. The van der Waals surface area contributed by atoms with Crippen molar-refractivity contribution in [2.24, 2.45) is 5.92 Å². The lowest BCUT2D eigenvalue weighted by atomic mass is 10.2. The van der Waals surface area contributed by atoms with Gasteiger partial charge in [-0.15, -0.1) is 12.4 Å². The van der Waals surface area contributed by atoms with Crippen molar-refractivity contribution in [2.75, 3.05) is 6.61 Å². The largest absolute Gasteiger partial charge is 0.395 e. The number of piperidine rings is 1. The van der Waals surface area contributed by atoms with E-state index in [0.717, 1.165) is 12.0 Å². The Labute approximate surface area is 61.0 Å². The Kier molecular flexibility index (Phi) is 1.99. The summed E-state index contributed by atoms with van der Waals surface area (Å²) >= 11 is 0. The number of nitrogens with one attached hydrogen (secondary N) is 1. The van der Waals surface area contributed by atoms with Gasteiger partial charge in [-0.05, 0) is 18.8 Å². The van der Waals surface area contributed by atoms with Crippen LogP contribution in [0.1, 0.15) is 12.8 Å². The topological polar surface area (TPSA) is 32.3 Å². The molecule has 0 aromatic carbocycles. The SMILES string of the molecule is Cl.OCC1C[C@H]2C[C@@H]2N1. The number of aliphatic hydroxyl groups is 1. The van der Waals surface area contributed by atoms with E-state index in [1.165, 1.54) is 12.8 Å². The minimum atomic E-state index is 0. The highest BCUT2D eigenvalue weighted by Gasteiger charge is 2.45. The van der Waals surface area contributed by atoms with Gasteiger partial charge >= 0.3 is 0 Å². The summed E-state index contributed by atoms with van der Waals surface area (Å²) in [4.78, 5) is 0. The molecule has 1 aliphatic heterocycles. The summed E-state index contributed by atoms with van der Waals surface area (Å²) in [6, 6.07) is 1.21. The Morgan fingerprint density at radius 3 is 2.56 bits per heavy atom. The molecule has 1 unspecified atom stereocenters. The van der Waals surface area contributed by atoms with Gasteiger partial charge in [-0.3, -0.25) is 0 Å². The summed E-state index contributed by atoms with van der Waals surface area (Å²) in [6.45, 7) is 0.326. The van der Waals surface area contributed by atoms with Gasteiger partial charge in [0.2, 0.25) is 0 Å². The zero-order chi connectivity index (χ0) is 5.56. The maximum Gasteiger partial charge on any atom is 0.0584 e.